The number of amidine groups is 4. The van der Waals surface area contributed by atoms with Crippen LogP contribution in [0.15, 0.2) is 190 Å². The van der Waals surface area contributed by atoms with Gasteiger partial charge in [-0.2, -0.15) is 0 Å². The molecule has 8 aromatic rings. The smallest absolute Gasteiger partial charge is 0.153 e. The molecule has 0 aliphatic carbocycles. The van der Waals surface area contributed by atoms with Gasteiger partial charge < -0.3 is 154 Å². The summed E-state index contributed by atoms with van der Waals surface area (Å²) in [6.45, 7) is 16.5. The number of carboxylic acid groups (broad SMARTS) is 4. The summed E-state index contributed by atoms with van der Waals surface area (Å²) in [4.78, 5) is 66.8. The summed E-state index contributed by atoms with van der Waals surface area (Å²) in [6, 6.07) is 54.4. The van der Waals surface area contributed by atoms with Crippen LogP contribution in [0.1, 0.15) is 47.9 Å². The first-order chi connectivity index (χ1) is 50.5. The number of halogens is 4. The quantitative estimate of drug-likeness (QED) is 0.123. The van der Waals surface area contributed by atoms with Gasteiger partial charge in [-0.3, -0.25) is 0 Å². The largest absolute Gasteiger partial charge is 0.550 e. The Balaban J connectivity index is 0.000000695. The summed E-state index contributed by atoms with van der Waals surface area (Å²) in [5.74, 6) is 4.71. The minimum absolute atomic E-state index is 0. The van der Waals surface area contributed by atoms with Gasteiger partial charge in [-0.05, 0) is 147 Å². The van der Waals surface area contributed by atoms with Crippen molar-refractivity contribution in [2.45, 2.75) is 25.7 Å². The number of nitrogens with two attached hydrogens (primary N) is 4. The minimum Gasteiger partial charge on any atom is -0.550 e. The molecule has 8 aliphatic heterocycles. The minimum atomic E-state index is -1.37. The predicted octanol–water partition coefficient (Wildman–Crippen LogP) is -4.10. The predicted molar refractivity (Wildman–Crippen MR) is 424 cm³/mol. The third-order valence-corrected chi connectivity index (χ3v) is 18.0. The van der Waals surface area contributed by atoms with E-state index in [1.165, 1.54) is 0 Å². The fraction of sp³-hybridized carbons (Fsp3) is 0.263. The van der Waals surface area contributed by atoms with Crippen LogP contribution in [0.4, 0.5) is 22.7 Å². The van der Waals surface area contributed by atoms with E-state index in [2.05, 4.69) is 40.9 Å². The number of nitrogens with zero attached hydrogens (tertiary/aromatic N) is 8. The normalized spacial score (nSPS) is 14.3. The number of aliphatic carboxylic acids is 4. The van der Waals surface area contributed by atoms with E-state index < -0.39 is 49.6 Å². The second kappa shape index (κ2) is 49.7. The number of carboxylic acids is 4. The Morgan fingerprint density at radius 1 is 0.281 bits per heavy atom. The number of quaternary nitrogens is 4. The van der Waals surface area contributed by atoms with Crippen molar-refractivity contribution in [2.75, 3.05) is 105 Å². The van der Waals surface area contributed by atoms with Gasteiger partial charge in [0.1, 0.15) is 69.1 Å². The molecular formula is C76H96Cl4N12O22. The van der Waals surface area contributed by atoms with E-state index in [1.54, 1.807) is 0 Å². The maximum atomic E-state index is 9.50. The average molecular weight is 1670 g/mol. The van der Waals surface area contributed by atoms with Gasteiger partial charge in [0.05, 0.1) is 127 Å². The van der Waals surface area contributed by atoms with Crippen LogP contribution in [0, 0.1) is 0 Å². The van der Waals surface area contributed by atoms with Crippen LogP contribution in [0.3, 0.4) is 0 Å². The highest BCUT2D eigenvalue weighted by atomic mass is 35.5. The highest BCUT2D eigenvalue weighted by Crippen LogP contribution is 2.43. The van der Waals surface area contributed by atoms with Crippen LogP contribution < -0.4 is 60.6 Å². The summed E-state index contributed by atoms with van der Waals surface area (Å²) in [5.41, 5.74) is 7.30. The zero-order valence-corrected chi connectivity index (χ0v) is 64.6. The molecular weight excluding hydrogens is 1570 g/mol. The molecule has 0 bridgehead atoms. The first-order valence-corrected chi connectivity index (χ1v) is 35.7. The first kappa shape index (κ1) is 101. The van der Waals surface area contributed by atoms with E-state index in [0.29, 0.717) is 20.1 Å². The number of aliphatic imine (C=N–C) groups is 4. The number of hydrogen-bond donors (Lipinski definition) is 4. The highest BCUT2D eigenvalue weighted by molar-refractivity contribution is 6.32. The summed E-state index contributed by atoms with van der Waals surface area (Å²) >= 11 is 24.8. The van der Waals surface area contributed by atoms with E-state index in [-0.39, 0.29) is 54.8 Å². The van der Waals surface area contributed by atoms with Crippen molar-refractivity contribution >= 4 is 116 Å². The van der Waals surface area contributed by atoms with Gasteiger partial charge in [0.2, 0.25) is 0 Å². The molecule has 34 nitrogen and oxygen atoms in total. The molecule has 28 N–H and O–H groups in total. The third kappa shape index (κ3) is 27.9. The van der Waals surface area contributed by atoms with Gasteiger partial charge in [0.25, 0.3) is 0 Å². The molecule has 8 aromatic carbocycles. The van der Waals surface area contributed by atoms with Crippen LogP contribution in [0.2, 0.25) is 20.1 Å². The number of hydrogen-bond acceptors (Lipinski definition) is 20. The summed E-state index contributed by atoms with van der Waals surface area (Å²) in [6.07, 6.45) is -1.88. The zero-order valence-electron chi connectivity index (χ0n) is 61.6. The van der Waals surface area contributed by atoms with Crippen molar-refractivity contribution in [1.82, 2.24) is 19.6 Å². The molecule has 0 aromatic heterocycles. The van der Waals surface area contributed by atoms with E-state index in [4.69, 9.17) is 85.3 Å². The van der Waals surface area contributed by atoms with Crippen molar-refractivity contribution < 1.29 is 135 Å². The Labute approximate surface area is 675 Å². The van der Waals surface area contributed by atoms with Crippen molar-refractivity contribution in [3.63, 3.8) is 0 Å². The van der Waals surface area contributed by atoms with E-state index >= 15 is 0 Å². The van der Waals surface area contributed by atoms with Crippen molar-refractivity contribution in [1.29, 1.82) is 0 Å². The Morgan fingerprint density at radius 3 is 0.632 bits per heavy atom. The van der Waals surface area contributed by atoms with E-state index in [1.807, 2.05) is 170 Å². The van der Waals surface area contributed by atoms with Crippen LogP contribution in [0.25, 0.3) is 0 Å². The van der Waals surface area contributed by atoms with E-state index in [0.717, 1.165) is 219 Å². The molecule has 620 valence electrons. The summed E-state index contributed by atoms with van der Waals surface area (Å²) in [7, 11) is 0. The standard InChI is InChI=1S/4C17H16ClN3O.2C4H6O4.10H2O/c4*18-12-5-6-15-13(11-12)17(21-9-7-19-8-10-21)20-14-3-1-2-4-16(14)22-15;2*5-3(6)1-2-4(7)8;;;;;;;;;;/h4*1-6,11,19H,7-10H2;2*1-2H2,(H,5,6)(H,7,8);10*1H2. The number of carbonyl (C=O) groups excluding carboxylic acids is 4. The Morgan fingerprint density at radius 2 is 0.456 bits per heavy atom. The Bertz CT molecular complexity index is 3980. The number of fused-ring (bicyclic) bond motifs is 8. The molecule has 0 spiro atoms. The fourth-order valence-corrected chi connectivity index (χ4v) is 12.7. The molecule has 0 radical (unpaired) electrons. The molecule has 4 fully saturated rings. The lowest BCUT2D eigenvalue weighted by atomic mass is 10.1. The van der Waals surface area contributed by atoms with Gasteiger partial charge in [-0.1, -0.05) is 94.9 Å². The number of rotatable bonds is 6. The van der Waals surface area contributed by atoms with Gasteiger partial charge in [-0.25, -0.2) is 20.0 Å². The highest BCUT2D eigenvalue weighted by Gasteiger charge is 2.30. The SMILES string of the molecule is Clc1ccc2c(c1)C(N1CC[NH2+]CC1)=Nc1ccccc1O2.Clc1ccc2c(c1)C(N1CC[NH2+]CC1)=Nc1ccccc1O2.Clc1ccc2c(c1)C(N1CC[NH2+]CC1)=Nc1ccccc1O2.Clc1ccc2c(c1)C(N1CC[NH2+]CC1)=Nc1ccccc1O2.O.O.O.O.O.O.O.O.O.O.O=C([O-])CCC(=O)[O-].O=C([O-])CCC(=O)[O-]. The number of para-hydroxylation sites is 8. The average Bonchev–Trinajstić information content (AvgIpc) is 1.66. The first-order valence-electron chi connectivity index (χ1n) is 34.2. The molecule has 8 aliphatic rings. The van der Waals surface area contributed by atoms with Crippen LogP contribution >= 0.6 is 46.4 Å². The van der Waals surface area contributed by atoms with Crippen molar-refractivity contribution in [3.8, 4) is 46.0 Å². The van der Waals surface area contributed by atoms with Crippen LogP contribution in [0.5, 0.6) is 46.0 Å². The van der Waals surface area contributed by atoms with Crippen molar-refractivity contribution in [3.05, 3.63) is 212 Å². The summed E-state index contributed by atoms with van der Waals surface area (Å²) < 4.78 is 24.3. The third-order valence-electron chi connectivity index (χ3n) is 17.1. The Hall–Kier alpha value is -10.7. The maximum Gasteiger partial charge on any atom is 0.153 e. The Kier molecular flexibility index (Phi) is 44.2. The number of piperazine rings is 4. The molecule has 16 rings (SSSR count). The molecule has 4 saturated heterocycles. The van der Waals surface area contributed by atoms with E-state index in [9.17, 15) is 39.6 Å². The number of ether oxygens (including phenoxy) is 4. The topological polar surface area (TPSA) is 641 Å². The molecule has 0 saturated carbocycles. The summed E-state index contributed by atoms with van der Waals surface area (Å²) in [5, 5.41) is 50.1. The zero-order chi connectivity index (χ0) is 72.9. The lowest BCUT2D eigenvalue weighted by molar-refractivity contribution is -0.661. The fourth-order valence-electron chi connectivity index (χ4n) is 12.0. The van der Waals surface area contributed by atoms with Gasteiger partial charge in [-0.15, -0.1) is 0 Å². The second-order valence-electron chi connectivity index (χ2n) is 24.5. The van der Waals surface area contributed by atoms with Gasteiger partial charge in [0.15, 0.2) is 23.0 Å². The molecule has 0 atom stereocenters. The number of carbonyl (C=O) groups is 4. The molecule has 8 heterocycles. The lowest BCUT2D eigenvalue weighted by Gasteiger charge is -2.28. The van der Waals surface area contributed by atoms with Crippen LogP contribution in [-0.2, 0) is 19.2 Å². The molecule has 0 unspecified atom stereocenters. The molecule has 114 heavy (non-hydrogen) atoms. The lowest BCUT2D eigenvalue weighted by Crippen LogP contribution is -2.89. The van der Waals surface area contributed by atoms with Crippen LogP contribution in [-0.4, -0.2) is 226 Å². The second-order valence-corrected chi connectivity index (χ2v) is 26.2. The maximum absolute atomic E-state index is 9.50. The van der Waals surface area contributed by atoms with Crippen molar-refractivity contribution in [2.24, 2.45) is 20.0 Å². The molecule has 38 heteroatoms. The van der Waals surface area contributed by atoms with Gasteiger partial charge in [0, 0.05) is 44.0 Å². The molecule has 0 amide bonds. The number of benzene rings is 8. The van der Waals surface area contributed by atoms with Gasteiger partial charge >= 0.3 is 0 Å². The monoisotopic (exact) mass is 1670 g/mol.